The number of aromatic nitrogens is 1. The van der Waals surface area contributed by atoms with Gasteiger partial charge in [-0.15, -0.1) is 0 Å². The van der Waals surface area contributed by atoms with Crippen molar-refractivity contribution in [1.82, 2.24) is 19.3 Å². The second-order valence-electron chi connectivity index (χ2n) is 8.44. The highest BCUT2D eigenvalue weighted by atomic mass is 16.6. The number of para-hydroxylation sites is 1. The van der Waals surface area contributed by atoms with E-state index in [2.05, 4.69) is 0 Å². The first-order valence-corrected chi connectivity index (χ1v) is 11.6. The molecule has 2 saturated heterocycles. The second-order valence-corrected chi connectivity index (χ2v) is 8.44. The monoisotopic (exact) mass is 454 g/mol. The number of ketones is 1. The number of rotatable bonds is 5. The number of benzene rings is 1. The van der Waals surface area contributed by atoms with Gasteiger partial charge in [0.05, 0.1) is 12.2 Å². The van der Waals surface area contributed by atoms with Crippen LogP contribution in [0.2, 0.25) is 0 Å². The Morgan fingerprint density at radius 2 is 1.52 bits per heavy atom. The molecule has 2 aliphatic rings. The number of hydrogen-bond donors (Lipinski definition) is 0. The van der Waals surface area contributed by atoms with Gasteiger partial charge in [0.25, 0.3) is 11.7 Å². The minimum Gasteiger partial charge on any atom is -0.450 e. The largest absolute Gasteiger partial charge is 0.450 e. The Balaban J connectivity index is 1.48. The van der Waals surface area contributed by atoms with Crippen molar-refractivity contribution in [3.8, 4) is 0 Å². The standard InChI is InChI=1S/C24H30N4O5/c1-2-33-24(32)27-14-12-26(13-15-27)23(31)22(30)19-16-28(20-9-5-4-8-18(19)20)17-21(29)25-10-6-3-7-11-25/h4-5,8-9,16H,2-3,6-7,10-15,17H2,1H3. The fourth-order valence-corrected chi connectivity index (χ4v) is 4.51. The summed E-state index contributed by atoms with van der Waals surface area (Å²) in [7, 11) is 0. The summed E-state index contributed by atoms with van der Waals surface area (Å²) in [5, 5.41) is 0.660. The van der Waals surface area contributed by atoms with E-state index in [1.54, 1.807) is 23.8 Å². The van der Waals surface area contributed by atoms with Crippen molar-refractivity contribution in [2.75, 3.05) is 45.9 Å². The van der Waals surface area contributed by atoms with Crippen molar-refractivity contribution in [3.05, 3.63) is 36.0 Å². The number of nitrogens with zero attached hydrogens (tertiary/aromatic N) is 4. The van der Waals surface area contributed by atoms with E-state index in [-0.39, 0.29) is 25.5 Å². The predicted octanol–water partition coefficient (Wildman–Crippen LogP) is 2.14. The molecule has 0 aliphatic carbocycles. The number of carbonyl (C=O) groups excluding carboxylic acids is 4. The molecule has 0 atom stereocenters. The maximum Gasteiger partial charge on any atom is 0.409 e. The van der Waals surface area contributed by atoms with E-state index in [1.165, 1.54) is 9.80 Å². The van der Waals surface area contributed by atoms with Crippen LogP contribution in [0.15, 0.2) is 30.5 Å². The van der Waals surface area contributed by atoms with Gasteiger partial charge in [-0.25, -0.2) is 4.79 Å². The third kappa shape index (κ3) is 4.86. The van der Waals surface area contributed by atoms with Crippen molar-refractivity contribution in [1.29, 1.82) is 0 Å². The zero-order valence-electron chi connectivity index (χ0n) is 19.0. The van der Waals surface area contributed by atoms with Crippen LogP contribution in [0.1, 0.15) is 36.5 Å². The number of piperidine rings is 1. The Hall–Kier alpha value is -3.36. The average molecular weight is 455 g/mol. The van der Waals surface area contributed by atoms with Crippen LogP contribution in [0.3, 0.4) is 0 Å². The molecule has 0 spiro atoms. The van der Waals surface area contributed by atoms with Crippen LogP contribution in [0.5, 0.6) is 0 Å². The van der Waals surface area contributed by atoms with Crippen molar-refractivity contribution in [2.24, 2.45) is 0 Å². The van der Waals surface area contributed by atoms with E-state index in [0.717, 1.165) is 37.9 Å². The van der Waals surface area contributed by atoms with E-state index < -0.39 is 17.8 Å². The van der Waals surface area contributed by atoms with Gasteiger partial charge in [-0.3, -0.25) is 14.4 Å². The molecule has 2 aromatic rings. The normalized spacial score (nSPS) is 16.7. The fourth-order valence-electron chi connectivity index (χ4n) is 4.51. The molecule has 176 valence electrons. The summed E-state index contributed by atoms with van der Waals surface area (Å²) in [6.07, 6.45) is 4.39. The highest BCUT2D eigenvalue weighted by molar-refractivity contribution is 6.44. The first-order chi connectivity index (χ1) is 16.0. The number of likely N-dealkylation sites (tertiary alicyclic amines) is 1. The minimum absolute atomic E-state index is 0.0239. The SMILES string of the molecule is CCOC(=O)N1CCN(C(=O)C(=O)c2cn(CC(=O)N3CCCCC3)c3ccccc23)CC1. The summed E-state index contributed by atoms with van der Waals surface area (Å²) in [5.74, 6) is -1.17. The summed E-state index contributed by atoms with van der Waals surface area (Å²) in [4.78, 5) is 55.7. The predicted molar refractivity (Wildman–Crippen MR) is 122 cm³/mol. The van der Waals surface area contributed by atoms with Crippen LogP contribution in [0.4, 0.5) is 4.79 Å². The number of carbonyl (C=O) groups is 4. The van der Waals surface area contributed by atoms with Crippen molar-refractivity contribution < 1.29 is 23.9 Å². The van der Waals surface area contributed by atoms with E-state index in [1.807, 2.05) is 23.1 Å². The molecule has 2 aliphatic heterocycles. The van der Waals surface area contributed by atoms with Gasteiger partial charge >= 0.3 is 6.09 Å². The molecule has 1 aromatic heterocycles. The van der Waals surface area contributed by atoms with Crippen molar-refractivity contribution >= 4 is 34.6 Å². The smallest absolute Gasteiger partial charge is 0.409 e. The zero-order valence-corrected chi connectivity index (χ0v) is 19.0. The lowest BCUT2D eigenvalue weighted by Gasteiger charge is -2.33. The Morgan fingerprint density at radius 1 is 0.848 bits per heavy atom. The molecular weight excluding hydrogens is 424 g/mol. The van der Waals surface area contributed by atoms with Gasteiger partial charge in [-0.2, -0.15) is 0 Å². The molecule has 0 saturated carbocycles. The summed E-state index contributed by atoms with van der Waals surface area (Å²) in [6, 6.07) is 7.34. The third-order valence-electron chi connectivity index (χ3n) is 6.33. The van der Waals surface area contributed by atoms with Gasteiger partial charge in [0.15, 0.2) is 0 Å². The molecule has 0 N–H and O–H groups in total. The first-order valence-electron chi connectivity index (χ1n) is 11.6. The first kappa shape index (κ1) is 22.8. The Labute approximate surface area is 192 Å². The van der Waals surface area contributed by atoms with Gasteiger partial charge in [-0.1, -0.05) is 18.2 Å². The van der Waals surface area contributed by atoms with Gasteiger partial charge in [0.2, 0.25) is 5.91 Å². The van der Waals surface area contributed by atoms with Crippen LogP contribution >= 0.6 is 0 Å². The molecule has 3 heterocycles. The molecule has 9 nitrogen and oxygen atoms in total. The number of piperazine rings is 1. The van der Waals surface area contributed by atoms with Crippen LogP contribution in [0.25, 0.3) is 10.9 Å². The van der Waals surface area contributed by atoms with Gasteiger partial charge in [-0.05, 0) is 32.3 Å². The Kier molecular flexibility index (Phi) is 6.96. The Bertz CT molecular complexity index is 1050. The van der Waals surface area contributed by atoms with E-state index in [9.17, 15) is 19.2 Å². The second kappa shape index (κ2) is 10.1. The molecule has 9 heteroatoms. The fraction of sp³-hybridized carbons (Fsp3) is 0.500. The molecule has 0 bridgehead atoms. The highest BCUT2D eigenvalue weighted by Gasteiger charge is 2.31. The van der Waals surface area contributed by atoms with Gasteiger partial charge in [0.1, 0.15) is 6.54 Å². The highest BCUT2D eigenvalue weighted by Crippen LogP contribution is 2.23. The lowest BCUT2D eigenvalue weighted by molar-refractivity contribution is -0.132. The number of Topliss-reactive ketones (excluding diaryl/α,β-unsaturated/α-hetero) is 1. The lowest BCUT2D eigenvalue weighted by atomic mass is 10.1. The summed E-state index contributed by atoms with van der Waals surface area (Å²) < 4.78 is 6.77. The molecular formula is C24H30N4O5. The maximum absolute atomic E-state index is 13.2. The molecule has 4 rings (SSSR count). The van der Waals surface area contributed by atoms with Crippen LogP contribution in [-0.4, -0.2) is 88.8 Å². The average Bonchev–Trinajstić information content (AvgIpc) is 3.22. The van der Waals surface area contributed by atoms with Crippen LogP contribution in [-0.2, 0) is 20.9 Å². The van der Waals surface area contributed by atoms with E-state index in [4.69, 9.17) is 4.74 Å². The van der Waals surface area contributed by atoms with Gasteiger partial charge < -0.3 is 24.0 Å². The molecule has 0 unspecified atom stereocenters. The van der Waals surface area contributed by atoms with Crippen molar-refractivity contribution in [3.63, 3.8) is 0 Å². The van der Waals surface area contributed by atoms with E-state index >= 15 is 0 Å². The Morgan fingerprint density at radius 3 is 2.21 bits per heavy atom. The lowest BCUT2D eigenvalue weighted by Crippen LogP contribution is -2.52. The quantitative estimate of drug-likeness (QED) is 0.510. The number of fused-ring (bicyclic) bond motifs is 1. The molecule has 2 fully saturated rings. The maximum atomic E-state index is 13.2. The minimum atomic E-state index is -0.597. The van der Waals surface area contributed by atoms with Crippen LogP contribution < -0.4 is 0 Å². The third-order valence-corrected chi connectivity index (χ3v) is 6.33. The molecule has 0 radical (unpaired) electrons. The molecule has 1 aromatic carbocycles. The van der Waals surface area contributed by atoms with Crippen LogP contribution in [0, 0.1) is 0 Å². The van der Waals surface area contributed by atoms with E-state index in [0.29, 0.717) is 30.6 Å². The zero-order chi connectivity index (χ0) is 23.4. The summed E-state index contributed by atoms with van der Waals surface area (Å²) in [5.41, 5.74) is 1.06. The number of amides is 3. The molecule has 3 amide bonds. The number of ether oxygens (including phenoxy) is 1. The topological polar surface area (TPSA) is 92.2 Å². The summed E-state index contributed by atoms with van der Waals surface area (Å²) in [6.45, 7) is 4.90. The number of hydrogen-bond acceptors (Lipinski definition) is 5. The molecule has 33 heavy (non-hydrogen) atoms. The summed E-state index contributed by atoms with van der Waals surface area (Å²) >= 11 is 0. The van der Waals surface area contributed by atoms with Crippen molar-refractivity contribution in [2.45, 2.75) is 32.7 Å². The van der Waals surface area contributed by atoms with Gasteiger partial charge in [0, 0.05) is 56.4 Å².